The fourth-order valence-electron chi connectivity index (χ4n) is 1.56. The standard InChI is InChI=1S/C13H8BrF3/c14-12-8-10(9-4-2-1-3-5-9)6-7-11(12)13(15,16)17/h1-8H. The summed E-state index contributed by atoms with van der Waals surface area (Å²) in [7, 11) is 0. The van der Waals surface area contributed by atoms with Gasteiger partial charge in [0, 0.05) is 4.47 Å². The second kappa shape index (κ2) is 4.53. The van der Waals surface area contributed by atoms with Crippen LogP contribution in [0.3, 0.4) is 0 Å². The quantitative estimate of drug-likeness (QED) is 0.684. The number of hydrogen-bond acceptors (Lipinski definition) is 0. The molecule has 0 unspecified atom stereocenters. The number of benzene rings is 2. The van der Waals surface area contributed by atoms with E-state index in [0.29, 0.717) is 0 Å². The predicted octanol–water partition coefficient (Wildman–Crippen LogP) is 5.13. The molecule has 0 aliphatic carbocycles. The number of alkyl halides is 3. The molecular formula is C13H8BrF3. The van der Waals surface area contributed by atoms with E-state index in [1.165, 1.54) is 12.1 Å². The monoisotopic (exact) mass is 300 g/mol. The van der Waals surface area contributed by atoms with Crippen LogP contribution in [0.2, 0.25) is 0 Å². The van der Waals surface area contributed by atoms with E-state index in [2.05, 4.69) is 15.9 Å². The molecule has 88 valence electrons. The number of hydrogen-bond donors (Lipinski definition) is 0. The molecule has 0 heterocycles. The third-order valence-corrected chi connectivity index (χ3v) is 3.04. The average Bonchev–Trinajstić information content (AvgIpc) is 2.28. The maximum Gasteiger partial charge on any atom is 0.417 e. The van der Waals surface area contributed by atoms with Gasteiger partial charge in [-0.05, 0) is 23.3 Å². The van der Waals surface area contributed by atoms with Crippen molar-refractivity contribution >= 4 is 15.9 Å². The first-order valence-corrected chi connectivity index (χ1v) is 5.70. The summed E-state index contributed by atoms with van der Waals surface area (Å²) in [5.41, 5.74) is 0.990. The molecular weight excluding hydrogens is 293 g/mol. The molecule has 17 heavy (non-hydrogen) atoms. The van der Waals surface area contributed by atoms with Crippen LogP contribution >= 0.6 is 15.9 Å². The van der Waals surface area contributed by atoms with Gasteiger partial charge in [-0.1, -0.05) is 52.3 Å². The number of halogens is 4. The maximum atomic E-state index is 12.6. The van der Waals surface area contributed by atoms with E-state index in [1.54, 1.807) is 0 Å². The van der Waals surface area contributed by atoms with E-state index in [9.17, 15) is 13.2 Å². The maximum absolute atomic E-state index is 12.6. The highest BCUT2D eigenvalue weighted by Gasteiger charge is 2.32. The van der Waals surface area contributed by atoms with Crippen LogP contribution in [0.25, 0.3) is 11.1 Å². The van der Waals surface area contributed by atoms with Crippen molar-refractivity contribution in [3.63, 3.8) is 0 Å². The summed E-state index contributed by atoms with van der Waals surface area (Å²) in [6, 6.07) is 13.3. The van der Waals surface area contributed by atoms with Crippen molar-refractivity contribution in [1.29, 1.82) is 0 Å². The fraction of sp³-hybridized carbons (Fsp3) is 0.0769. The topological polar surface area (TPSA) is 0 Å². The first kappa shape index (κ1) is 12.2. The summed E-state index contributed by atoms with van der Waals surface area (Å²) >= 11 is 2.96. The third kappa shape index (κ3) is 2.69. The Morgan fingerprint density at radius 3 is 2.00 bits per heavy atom. The van der Waals surface area contributed by atoms with E-state index in [0.717, 1.165) is 17.2 Å². The molecule has 0 amide bonds. The molecule has 0 N–H and O–H groups in total. The lowest BCUT2D eigenvalue weighted by Gasteiger charge is -2.10. The van der Waals surface area contributed by atoms with Crippen molar-refractivity contribution < 1.29 is 13.2 Å². The zero-order valence-corrected chi connectivity index (χ0v) is 10.2. The number of rotatable bonds is 1. The zero-order valence-electron chi connectivity index (χ0n) is 8.63. The molecule has 4 heteroatoms. The summed E-state index contributed by atoms with van der Waals surface area (Å²) in [5, 5.41) is 0. The average molecular weight is 301 g/mol. The molecule has 2 aromatic carbocycles. The Morgan fingerprint density at radius 1 is 0.824 bits per heavy atom. The van der Waals surface area contributed by atoms with Crippen LogP contribution in [0, 0.1) is 0 Å². The SMILES string of the molecule is FC(F)(F)c1ccc(-c2ccccc2)cc1Br. The molecule has 0 saturated heterocycles. The van der Waals surface area contributed by atoms with Crippen molar-refractivity contribution in [2.75, 3.05) is 0 Å². The molecule has 0 saturated carbocycles. The van der Waals surface area contributed by atoms with Gasteiger partial charge in [0.2, 0.25) is 0 Å². The van der Waals surface area contributed by atoms with Gasteiger partial charge in [-0.25, -0.2) is 0 Å². The summed E-state index contributed by atoms with van der Waals surface area (Å²) in [5.74, 6) is 0. The first-order valence-electron chi connectivity index (χ1n) is 4.90. The molecule has 0 radical (unpaired) electrons. The largest absolute Gasteiger partial charge is 0.417 e. The summed E-state index contributed by atoms with van der Waals surface area (Å²) in [6.45, 7) is 0. The molecule has 0 atom stereocenters. The van der Waals surface area contributed by atoms with E-state index >= 15 is 0 Å². The van der Waals surface area contributed by atoms with Crippen LogP contribution in [0.15, 0.2) is 53.0 Å². The zero-order chi connectivity index (χ0) is 12.5. The molecule has 2 aromatic rings. The van der Waals surface area contributed by atoms with E-state index in [4.69, 9.17) is 0 Å². The molecule has 2 rings (SSSR count). The lowest BCUT2D eigenvalue weighted by atomic mass is 10.0. The normalized spacial score (nSPS) is 11.5. The summed E-state index contributed by atoms with van der Waals surface area (Å²) in [4.78, 5) is 0. The Labute approximate surface area is 105 Å². The second-order valence-corrected chi connectivity index (χ2v) is 4.41. The van der Waals surface area contributed by atoms with Crippen LogP contribution in [-0.4, -0.2) is 0 Å². The lowest BCUT2D eigenvalue weighted by molar-refractivity contribution is -0.138. The van der Waals surface area contributed by atoms with Crippen LogP contribution < -0.4 is 0 Å². The fourth-order valence-corrected chi connectivity index (χ4v) is 2.16. The Balaban J connectivity index is 2.45. The van der Waals surface area contributed by atoms with Crippen LogP contribution in [0.4, 0.5) is 13.2 Å². The van der Waals surface area contributed by atoms with Crippen molar-refractivity contribution in [3.8, 4) is 11.1 Å². The second-order valence-electron chi connectivity index (χ2n) is 3.56. The molecule has 0 fully saturated rings. The molecule has 0 aliphatic heterocycles. The lowest BCUT2D eigenvalue weighted by Crippen LogP contribution is -2.05. The summed E-state index contributed by atoms with van der Waals surface area (Å²) in [6.07, 6.45) is -4.33. The molecule has 0 spiro atoms. The van der Waals surface area contributed by atoms with E-state index in [1.807, 2.05) is 30.3 Å². The highest BCUT2D eigenvalue weighted by atomic mass is 79.9. The van der Waals surface area contributed by atoms with Crippen LogP contribution in [0.1, 0.15) is 5.56 Å². The Hall–Kier alpha value is -1.29. The minimum atomic E-state index is -4.33. The van der Waals surface area contributed by atoms with Gasteiger partial charge in [0.25, 0.3) is 0 Å². The Bertz CT molecular complexity index is 518. The molecule has 0 nitrogen and oxygen atoms in total. The first-order chi connectivity index (χ1) is 7.98. The van der Waals surface area contributed by atoms with E-state index in [-0.39, 0.29) is 4.47 Å². The van der Waals surface area contributed by atoms with Crippen molar-refractivity contribution in [2.45, 2.75) is 6.18 Å². The van der Waals surface area contributed by atoms with Crippen LogP contribution in [0.5, 0.6) is 0 Å². The van der Waals surface area contributed by atoms with Gasteiger partial charge in [-0.3, -0.25) is 0 Å². The highest BCUT2D eigenvalue weighted by molar-refractivity contribution is 9.10. The van der Waals surface area contributed by atoms with Crippen LogP contribution in [-0.2, 0) is 6.18 Å². The minimum Gasteiger partial charge on any atom is -0.166 e. The van der Waals surface area contributed by atoms with Crippen molar-refractivity contribution in [2.24, 2.45) is 0 Å². The predicted molar refractivity (Wildman–Crippen MR) is 64.6 cm³/mol. The van der Waals surface area contributed by atoms with Gasteiger partial charge in [-0.2, -0.15) is 13.2 Å². The van der Waals surface area contributed by atoms with Gasteiger partial charge in [0.1, 0.15) is 0 Å². The van der Waals surface area contributed by atoms with E-state index < -0.39 is 11.7 Å². The van der Waals surface area contributed by atoms with Crippen molar-refractivity contribution in [1.82, 2.24) is 0 Å². The summed E-state index contributed by atoms with van der Waals surface area (Å²) < 4.78 is 37.7. The Morgan fingerprint density at radius 2 is 1.47 bits per heavy atom. The third-order valence-electron chi connectivity index (χ3n) is 2.38. The van der Waals surface area contributed by atoms with Gasteiger partial charge < -0.3 is 0 Å². The molecule has 0 aliphatic rings. The molecule has 0 bridgehead atoms. The van der Waals surface area contributed by atoms with Crippen molar-refractivity contribution in [3.05, 3.63) is 58.6 Å². The molecule has 0 aromatic heterocycles. The van der Waals surface area contributed by atoms with Gasteiger partial charge in [-0.15, -0.1) is 0 Å². The Kier molecular flexibility index (Phi) is 3.24. The van der Waals surface area contributed by atoms with Gasteiger partial charge in [0.15, 0.2) is 0 Å². The van der Waals surface area contributed by atoms with Gasteiger partial charge >= 0.3 is 6.18 Å². The minimum absolute atomic E-state index is 0.0614. The smallest absolute Gasteiger partial charge is 0.166 e. The van der Waals surface area contributed by atoms with Gasteiger partial charge in [0.05, 0.1) is 5.56 Å². The highest BCUT2D eigenvalue weighted by Crippen LogP contribution is 2.36.